The first-order valence-electron chi connectivity index (χ1n) is 5.78. The molecular formula is C11H21BrOSi. The predicted molar refractivity (Wildman–Crippen MR) is 66.7 cm³/mol. The van der Waals surface area contributed by atoms with Crippen LogP contribution in [0.1, 0.15) is 25.7 Å². The highest BCUT2D eigenvalue weighted by molar-refractivity contribution is 9.10. The number of fused-ring (bicyclic) bond motifs is 1. The molecule has 4 atom stereocenters. The standard InChI is InChI=1S/C11H21BrOSi/c1-14(2,3)11(12)10-7-8-5-4-6-9(8)13-10/h8-11H,4-7H2,1-3H3/t8-,9+,10+,11-/m0/s1. The topological polar surface area (TPSA) is 9.23 Å². The first-order chi connectivity index (χ1) is 6.48. The number of alkyl halides is 1. The minimum atomic E-state index is -1.08. The fraction of sp³-hybridized carbons (Fsp3) is 1.00. The Balaban J connectivity index is 1.96. The Kier molecular flexibility index (Phi) is 3.11. The number of hydrogen-bond donors (Lipinski definition) is 0. The highest BCUT2D eigenvalue weighted by atomic mass is 79.9. The number of rotatable bonds is 2. The molecule has 1 aliphatic carbocycles. The van der Waals surface area contributed by atoms with E-state index in [0.717, 1.165) is 5.92 Å². The summed E-state index contributed by atoms with van der Waals surface area (Å²) in [6.45, 7) is 7.26. The third-order valence-corrected chi connectivity index (χ3v) is 10.4. The first kappa shape index (κ1) is 11.2. The van der Waals surface area contributed by atoms with Gasteiger partial charge < -0.3 is 4.74 Å². The molecule has 0 radical (unpaired) electrons. The molecule has 0 aromatic carbocycles. The van der Waals surface area contributed by atoms with E-state index in [1.807, 2.05) is 0 Å². The van der Waals surface area contributed by atoms with Crippen LogP contribution in [-0.4, -0.2) is 24.7 Å². The van der Waals surface area contributed by atoms with E-state index in [1.165, 1.54) is 25.7 Å². The van der Waals surface area contributed by atoms with Crippen molar-refractivity contribution in [2.45, 2.75) is 62.0 Å². The molecule has 2 aliphatic rings. The van der Waals surface area contributed by atoms with Crippen molar-refractivity contribution in [2.24, 2.45) is 5.92 Å². The van der Waals surface area contributed by atoms with Crippen molar-refractivity contribution in [3.8, 4) is 0 Å². The van der Waals surface area contributed by atoms with Gasteiger partial charge in [0.15, 0.2) is 0 Å². The molecule has 14 heavy (non-hydrogen) atoms. The average molecular weight is 277 g/mol. The highest BCUT2D eigenvalue weighted by Gasteiger charge is 2.43. The second kappa shape index (κ2) is 3.91. The Morgan fingerprint density at radius 3 is 2.57 bits per heavy atom. The number of halogens is 1. The van der Waals surface area contributed by atoms with Crippen LogP contribution in [0, 0.1) is 5.92 Å². The Morgan fingerprint density at radius 2 is 2.00 bits per heavy atom. The zero-order chi connectivity index (χ0) is 10.3. The Hall–Kier alpha value is 0.657. The van der Waals surface area contributed by atoms with Crippen LogP contribution < -0.4 is 0 Å². The van der Waals surface area contributed by atoms with Crippen LogP contribution >= 0.6 is 15.9 Å². The van der Waals surface area contributed by atoms with Gasteiger partial charge in [0.05, 0.1) is 20.3 Å². The molecule has 2 rings (SSSR count). The van der Waals surface area contributed by atoms with Gasteiger partial charge in [-0.25, -0.2) is 0 Å². The van der Waals surface area contributed by atoms with Gasteiger partial charge in [-0.1, -0.05) is 42.0 Å². The van der Waals surface area contributed by atoms with E-state index in [2.05, 4.69) is 35.6 Å². The summed E-state index contributed by atoms with van der Waals surface area (Å²) >= 11 is 3.87. The highest BCUT2D eigenvalue weighted by Crippen LogP contribution is 2.42. The molecule has 82 valence electrons. The molecule has 0 amide bonds. The minimum Gasteiger partial charge on any atom is -0.374 e. The third kappa shape index (κ3) is 2.09. The zero-order valence-electron chi connectivity index (χ0n) is 9.42. The van der Waals surface area contributed by atoms with Crippen LogP contribution in [0.15, 0.2) is 0 Å². The summed E-state index contributed by atoms with van der Waals surface area (Å²) in [4.78, 5) is 0. The first-order valence-corrected chi connectivity index (χ1v) is 10.3. The van der Waals surface area contributed by atoms with Gasteiger partial charge in [0, 0.05) is 4.45 Å². The van der Waals surface area contributed by atoms with Gasteiger partial charge in [-0.3, -0.25) is 0 Å². The van der Waals surface area contributed by atoms with Crippen LogP contribution in [0.4, 0.5) is 0 Å². The van der Waals surface area contributed by atoms with Crippen molar-refractivity contribution in [3.63, 3.8) is 0 Å². The summed E-state index contributed by atoms with van der Waals surface area (Å²) in [5.41, 5.74) is 0. The van der Waals surface area contributed by atoms with Crippen LogP contribution in [-0.2, 0) is 4.74 Å². The fourth-order valence-electron chi connectivity index (χ4n) is 2.78. The zero-order valence-corrected chi connectivity index (χ0v) is 12.0. The van der Waals surface area contributed by atoms with Crippen molar-refractivity contribution in [3.05, 3.63) is 0 Å². The normalized spacial score (nSPS) is 39.9. The molecule has 0 unspecified atom stereocenters. The lowest BCUT2D eigenvalue weighted by Gasteiger charge is -2.29. The van der Waals surface area contributed by atoms with E-state index >= 15 is 0 Å². The van der Waals surface area contributed by atoms with Gasteiger partial charge in [0.1, 0.15) is 0 Å². The largest absolute Gasteiger partial charge is 0.374 e. The van der Waals surface area contributed by atoms with E-state index in [0.29, 0.717) is 16.7 Å². The molecule has 0 N–H and O–H groups in total. The lowest BCUT2D eigenvalue weighted by atomic mass is 10.0. The summed E-state index contributed by atoms with van der Waals surface area (Å²) in [6, 6.07) is 0. The van der Waals surface area contributed by atoms with Crippen molar-refractivity contribution < 1.29 is 4.74 Å². The molecule has 0 bridgehead atoms. The van der Waals surface area contributed by atoms with Crippen molar-refractivity contribution in [1.82, 2.24) is 0 Å². The average Bonchev–Trinajstić information content (AvgIpc) is 2.58. The molecule has 1 heterocycles. The summed E-state index contributed by atoms with van der Waals surface area (Å²) in [5.74, 6) is 0.886. The van der Waals surface area contributed by atoms with Gasteiger partial charge in [-0.15, -0.1) is 0 Å². The van der Waals surface area contributed by atoms with Crippen LogP contribution in [0.3, 0.4) is 0 Å². The Bertz CT molecular complexity index is 202. The summed E-state index contributed by atoms with van der Waals surface area (Å²) < 4.78 is 6.80. The van der Waals surface area contributed by atoms with E-state index < -0.39 is 8.07 Å². The molecular weight excluding hydrogens is 256 g/mol. The fourth-order valence-corrected chi connectivity index (χ4v) is 4.45. The third-order valence-electron chi connectivity index (χ3n) is 3.63. The van der Waals surface area contributed by atoms with E-state index in [9.17, 15) is 0 Å². The van der Waals surface area contributed by atoms with Gasteiger partial charge >= 0.3 is 0 Å². The summed E-state index contributed by atoms with van der Waals surface area (Å²) in [5, 5.41) is 0. The number of hydrogen-bond acceptors (Lipinski definition) is 1. The maximum absolute atomic E-state index is 6.16. The summed E-state index contributed by atoms with van der Waals surface area (Å²) in [6.07, 6.45) is 6.54. The van der Waals surface area contributed by atoms with Crippen molar-refractivity contribution in [2.75, 3.05) is 0 Å². The molecule has 1 aliphatic heterocycles. The molecule has 0 aromatic rings. The molecule has 1 nitrogen and oxygen atoms in total. The number of ether oxygens (including phenoxy) is 1. The van der Waals surface area contributed by atoms with Crippen molar-refractivity contribution in [1.29, 1.82) is 0 Å². The smallest absolute Gasteiger partial charge is 0.0682 e. The van der Waals surface area contributed by atoms with E-state index in [4.69, 9.17) is 4.74 Å². The molecule has 0 spiro atoms. The van der Waals surface area contributed by atoms with Gasteiger partial charge in [-0.05, 0) is 25.2 Å². The van der Waals surface area contributed by atoms with Gasteiger partial charge in [-0.2, -0.15) is 0 Å². The second-order valence-electron chi connectivity index (χ2n) is 5.91. The molecule has 0 aromatic heterocycles. The SMILES string of the molecule is C[Si](C)(C)[C@H](Br)[C@H]1C[C@@H]2CCC[C@H]2O1. The predicted octanol–water partition coefficient (Wildman–Crippen LogP) is 3.58. The quantitative estimate of drug-likeness (QED) is 0.553. The van der Waals surface area contributed by atoms with E-state index in [1.54, 1.807) is 0 Å². The Morgan fingerprint density at radius 1 is 1.29 bits per heavy atom. The van der Waals surface area contributed by atoms with Gasteiger partial charge in [0.25, 0.3) is 0 Å². The molecule has 1 saturated heterocycles. The van der Waals surface area contributed by atoms with Crippen LogP contribution in [0.5, 0.6) is 0 Å². The summed E-state index contributed by atoms with van der Waals surface area (Å²) in [7, 11) is -1.08. The lowest BCUT2D eigenvalue weighted by Crippen LogP contribution is -2.42. The maximum atomic E-state index is 6.16. The maximum Gasteiger partial charge on any atom is 0.0682 e. The molecule has 3 heteroatoms. The van der Waals surface area contributed by atoms with Crippen molar-refractivity contribution >= 4 is 24.0 Å². The monoisotopic (exact) mass is 276 g/mol. The minimum absolute atomic E-state index is 0.511. The lowest BCUT2D eigenvalue weighted by molar-refractivity contribution is 0.0487. The van der Waals surface area contributed by atoms with E-state index in [-0.39, 0.29) is 0 Å². The second-order valence-corrected chi connectivity index (χ2v) is 13.1. The van der Waals surface area contributed by atoms with Crippen LogP contribution in [0.2, 0.25) is 19.6 Å². The molecule has 2 fully saturated rings. The van der Waals surface area contributed by atoms with Gasteiger partial charge in [0.2, 0.25) is 0 Å². The molecule has 1 saturated carbocycles. The Labute approximate surface area is 96.7 Å². The van der Waals surface area contributed by atoms with Crippen LogP contribution in [0.25, 0.3) is 0 Å².